The van der Waals surface area contributed by atoms with Gasteiger partial charge in [-0.25, -0.2) is 5.43 Å². The fourth-order valence-corrected chi connectivity index (χ4v) is 1.96. The number of ether oxygens (including phenoxy) is 2. The molecule has 0 bridgehead atoms. The molecule has 0 spiro atoms. The van der Waals surface area contributed by atoms with Gasteiger partial charge in [-0.15, -0.1) is 0 Å². The number of hydrogen-bond donors (Lipinski definition) is 1. The van der Waals surface area contributed by atoms with Gasteiger partial charge in [-0.05, 0) is 29.3 Å². The maximum absolute atomic E-state index is 12.3. The molecule has 0 atom stereocenters. The average Bonchev–Trinajstić information content (AvgIpc) is 2.56. The minimum atomic E-state index is -2.93. The summed E-state index contributed by atoms with van der Waals surface area (Å²) in [6, 6.07) is 13.6. The quantitative estimate of drug-likeness (QED) is 0.625. The number of carbonyl (C=O) groups is 1. The maximum Gasteiger partial charge on any atom is 0.387 e. The van der Waals surface area contributed by atoms with Crippen LogP contribution in [0.4, 0.5) is 8.78 Å². The molecule has 2 aromatic carbocycles. The highest BCUT2D eigenvalue weighted by Gasteiger charge is 2.10. The summed E-state index contributed by atoms with van der Waals surface area (Å²) in [5.74, 6) is -0.185. The molecule has 0 aliphatic heterocycles. The van der Waals surface area contributed by atoms with Gasteiger partial charge in [-0.2, -0.15) is 13.9 Å². The van der Waals surface area contributed by atoms with Crippen molar-refractivity contribution in [2.75, 3.05) is 7.11 Å². The van der Waals surface area contributed by atoms with E-state index < -0.39 is 6.61 Å². The third-order valence-electron chi connectivity index (χ3n) is 3.01. The highest BCUT2D eigenvalue weighted by atomic mass is 19.3. The van der Waals surface area contributed by atoms with Gasteiger partial charge in [-0.3, -0.25) is 4.79 Å². The van der Waals surface area contributed by atoms with E-state index in [1.165, 1.54) is 31.5 Å². The van der Waals surface area contributed by atoms with Crippen LogP contribution in [0.1, 0.15) is 11.1 Å². The molecular weight excluding hydrogens is 318 g/mol. The van der Waals surface area contributed by atoms with Crippen LogP contribution in [0.25, 0.3) is 0 Å². The van der Waals surface area contributed by atoms with E-state index in [1.54, 1.807) is 0 Å². The Kier molecular flexibility index (Phi) is 6.24. The van der Waals surface area contributed by atoms with Crippen LogP contribution in [0.3, 0.4) is 0 Å². The predicted octanol–water partition coefficient (Wildman–Crippen LogP) is 2.99. The number of carbonyl (C=O) groups excluding carboxylic acids is 1. The number of alkyl halides is 2. The van der Waals surface area contributed by atoms with Gasteiger partial charge in [-0.1, -0.05) is 30.3 Å². The van der Waals surface area contributed by atoms with Crippen LogP contribution in [0.5, 0.6) is 11.5 Å². The first kappa shape index (κ1) is 17.4. The maximum atomic E-state index is 12.3. The Morgan fingerprint density at radius 1 is 1.21 bits per heavy atom. The number of rotatable bonds is 7. The molecule has 1 N–H and O–H groups in total. The molecule has 2 rings (SSSR count). The van der Waals surface area contributed by atoms with Crippen molar-refractivity contribution in [3.63, 3.8) is 0 Å². The summed E-state index contributed by atoms with van der Waals surface area (Å²) in [6.45, 7) is -2.93. The molecule has 126 valence electrons. The van der Waals surface area contributed by atoms with Crippen molar-refractivity contribution in [2.45, 2.75) is 13.0 Å². The zero-order chi connectivity index (χ0) is 17.4. The van der Waals surface area contributed by atoms with Crippen LogP contribution < -0.4 is 14.9 Å². The van der Waals surface area contributed by atoms with Gasteiger partial charge >= 0.3 is 6.61 Å². The van der Waals surface area contributed by atoms with Crippen molar-refractivity contribution in [3.8, 4) is 11.5 Å². The molecule has 0 aromatic heterocycles. The Morgan fingerprint density at radius 3 is 2.62 bits per heavy atom. The minimum Gasteiger partial charge on any atom is -0.493 e. The molecule has 0 saturated carbocycles. The van der Waals surface area contributed by atoms with Crippen molar-refractivity contribution in [2.24, 2.45) is 5.10 Å². The second-order valence-corrected chi connectivity index (χ2v) is 4.74. The monoisotopic (exact) mass is 334 g/mol. The number of hydrazone groups is 1. The highest BCUT2D eigenvalue weighted by Crippen LogP contribution is 2.28. The van der Waals surface area contributed by atoms with Crippen molar-refractivity contribution >= 4 is 12.1 Å². The van der Waals surface area contributed by atoms with Gasteiger partial charge in [0.15, 0.2) is 11.5 Å². The SMILES string of the molecule is COc1cc(/C=N/NC(=O)Cc2ccccc2)ccc1OC(F)F. The number of amides is 1. The normalized spacial score (nSPS) is 10.8. The second-order valence-electron chi connectivity index (χ2n) is 4.74. The molecular formula is C17H16F2N2O3. The lowest BCUT2D eigenvalue weighted by atomic mass is 10.1. The molecule has 0 aliphatic rings. The topological polar surface area (TPSA) is 59.9 Å². The second kappa shape index (κ2) is 8.61. The molecule has 7 heteroatoms. The van der Waals surface area contributed by atoms with E-state index in [0.29, 0.717) is 5.56 Å². The van der Waals surface area contributed by atoms with Crippen molar-refractivity contribution in [1.82, 2.24) is 5.43 Å². The third-order valence-corrected chi connectivity index (χ3v) is 3.01. The largest absolute Gasteiger partial charge is 0.493 e. The van der Waals surface area contributed by atoms with Crippen LogP contribution >= 0.6 is 0 Å². The Morgan fingerprint density at radius 2 is 1.96 bits per heavy atom. The van der Waals surface area contributed by atoms with Crippen LogP contribution in [0, 0.1) is 0 Å². The lowest BCUT2D eigenvalue weighted by Crippen LogP contribution is -2.19. The zero-order valence-electron chi connectivity index (χ0n) is 12.9. The molecule has 1 amide bonds. The third kappa shape index (κ3) is 5.35. The van der Waals surface area contributed by atoms with E-state index in [2.05, 4.69) is 15.3 Å². The smallest absolute Gasteiger partial charge is 0.387 e. The van der Waals surface area contributed by atoms with E-state index in [0.717, 1.165) is 5.56 Å². The Hall–Kier alpha value is -2.96. The summed E-state index contributed by atoms with van der Waals surface area (Å²) in [5.41, 5.74) is 3.84. The zero-order valence-corrected chi connectivity index (χ0v) is 12.9. The lowest BCUT2D eigenvalue weighted by Gasteiger charge is -2.09. The molecule has 0 aliphatic carbocycles. The van der Waals surface area contributed by atoms with E-state index in [4.69, 9.17) is 4.74 Å². The number of halogens is 2. The molecule has 2 aromatic rings. The molecule has 0 saturated heterocycles. The van der Waals surface area contributed by atoms with Crippen molar-refractivity contribution < 1.29 is 23.0 Å². The Balaban J connectivity index is 1.95. The molecule has 0 fully saturated rings. The number of benzene rings is 2. The van der Waals surface area contributed by atoms with Crippen LogP contribution in [-0.4, -0.2) is 25.8 Å². The summed E-state index contributed by atoms with van der Waals surface area (Å²) < 4.78 is 33.8. The van der Waals surface area contributed by atoms with Gasteiger partial charge < -0.3 is 9.47 Å². The Bertz CT molecular complexity index is 706. The van der Waals surface area contributed by atoms with Crippen LogP contribution in [-0.2, 0) is 11.2 Å². The van der Waals surface area contributed by atoms with Gasteiger partial charge in [0.05, 0.1) is 19.7 Å². The van der Waals surface area contributed by atoms with Gasteiger partial charge in [0, 0.05) is 0 Å². The predicted molar refractivity (Wildman–Crippen MR) is 85.5 cm³/mol. The Labute approximate surface area is 137 Å². The minimum absolute atomic E-state index is 0.0715. The van der Waals surface area contributed by atoms with Gasteiger partial charge in [0.25, 0.3) is 0 Å². The lowest BCUT2D eigenvalue weighted by molar-refractivity contribution is -0.120. The van der Waals surface area contributed by atoms with Crippen molar-refractivity contribution in [3.05, 3.63) is 59.7 Å². The summed E-state index contributed by atoms with van der Waals surface area (Å²) in [4.78, 5) is 11.7. The standard InChI is InChI=1S/C17H16F2N2O3/c1-23-15-9-13(7-8-14(15)24-17(18)19)11-20-21-16(22)10-12-5-3-2-4-6-12/h2-9,11,17H,10H2,1H3,(H,21,22)/b20-11+. The molecule has 0 unspecified atom stereocenters. The fraction of sp³-hybridized carbons (Fsp3) is 0.176. The number of nitrogens with one attached hydrogen (secondary N) is 1. The number of hydrogen-bond acceptors (Lipinski definition) is 4. The van der Waals surface area contributed by atoms with E-state index in [1.807, 2.05) is 30.3 Å². The number of nitrogens with zero attached hydrogens (tertiary/aromatic N) is 1. The van der Waals surface area contributed by atoms with Gasteiger partial charge in [0.1, 0.15) is 0 Å². The summed E-state index contributed by atoms with van der Waals surface area (Å²) >= 11 is 0. The molecule has 24 heavy (non-hydrogen) atoms. The molecule has 0 heterocycles. The molecule has 5 nitrogen and oxygen atoms in total. The molecule has 0 radical (unpaired) electrons. The first-order valence-electron chi connectivity index (χ1n) is 7.07. The van der Waals surface area contributed by atoms with E-state index >= 15 is 0 Å². The fourth-order valence-electron chi connectivity index (χ4n) is 1.96. The highest BCUT2D eigenvalue weighted by molar-refractivity contribution is 5.84. The average molecular weight is 334 g/mol. The first-order valence-corrected chi connectivity index (χ1v) is 7.07. The van der Waals surface area contributed by atoms with Crippen LogP contribution in [0.15, 0.2) is 53.6 Å². The van der Waals surface area contributed by atoms with E-state index in [9.17, 15) is 13.6 Å². The summed E-state index contributed by atoms with van der Waals surface area (Å²) in [5, 5.41) is 3.83. The first-order chi connectivity index (χ1) is 11.6. The van der Waals surface area contributed by atoms with Crippen LogP contribution in [0.2, 0.25) is 0 Å². The summed E-state index contributed by atoms with van der Waals surface area (Å²) in [6.07, 6.45) is 1.60. The van der Waals surface area contributed by atoms with E-state index in [-0.39, 0.29) is 23.8 Å². The summed E-state index contributed by atoms with van der Waals surface area (Å²) in [7, 11) is 1.34. The van der Waals surface area contributed by atoms with Crippen molar-refractivity contribution in [1.29, 1.82) is 0 Å². The number of methoxy groups -OCH3 is 1. The van der Waals surface area contributed by atoms with Gasteiger partial charge in [0.2, 0.25) is 5.91 Å².